The zero-order valence-electron chi connectivity index (χ0n) is 24.0. The van der Waals surface area contributed by atoms with Crippen molar-refractivity contribution in [3.05, 3.63) is 35.9 Å². The predicted molar refractivity (Wildman–Crippen MR) is 148 cm³/mol. The van der Waals surface area contributed by atoms with Gasteiger partial charge < -0.3 is 23.7 Å². The summed E-state index contributed by atoms with van der Waals surface area (Å²) < 4.78 is 26.1. The van der Waals surface area contributed by atoms with Crippen molar-refractivity contribution < 1.29 is 23.7 Å². The quantitative estimate of drug-likeness (QED) is 0.312. The SMILES string of the molecule is CCCC[C@@]1(O)CC[C@]2(CC[C@H](C)[C@@H](CCO[Si](C)(C)C(C)(C)C)O2)O[C@H]1COCc1ccccc1. The summed E-state index contributed by atoms with van der Waals surface area (Å²) in [5.41, 5.74) is 0.260. The van der Waals surface area contributed by atoms with Crippen LogP contribution >= 0.6 is 0 Å². The van der Waals surface area contributed by atoms with Crippen LogP contribution in [0.5, 0.6) is 0 Å². The maximum Gasteiger partial charge on any atom is 0.191 e. The molecule has 0 aliphatic carbocycles. The Morgan fingerprint density at radius 1 is 1.08 bits per heavy atom. The number of ether oxygens (including phenoxy) is 3. The number of hydrogen-bond acceptors (Lipinski definition) is 5. The van der Waals surface area contributed by atoms with Crippen molar-refractivity contribution in [1.29, 1.82) is 0 Å². The number of aliphatic hydroxyl groups is 1. The Morgan fingerprint density at radius 2 is 1.81 bits per heavy atom. The number of hydrogen-bond donors (Lipinski definition) is 1. The van der Waals surface area contributed by atoms with Crippen LogP contribution in [0.25, 0.3) is 0 Å². The maximum absolute atomic E-state index is 11.6. The largest absolute Gasteiger partial charge is 0.417 e. The van der Waals surface area contributed by atoms with Crippen LogP contribution in [-0.2, 0) is 25.2 Å². The van der Waals surface area contributed by atoms with E-state index in [1.807, 2.05) is 18.2 Å². The highest BCUT2D eigenvalue weighted by Gasteiger charge is 2.52. The van der Waals surface area contributed by atoms with E-state index < -0.39 is 19.7 Å². The molecule has 0 aromatic heterocycles. The van der Waals surface area contributed by atoms with E-state index in [0.717, 1.165) is 57.1 Å². The van der Waals surface area contributed by atoms with Gasteiger partial charge in [-0.15, -0.1) is 0 Å². The number of unbranched alkanes of at least 4 members (excludes halogenated alkanes) is 1. The fourth-order valence-corrected chi connectivity index (χ4v) is 6.22. The van der Waals surface area contributed by atoms with E-state index in [1.54, 1.807) is 0 Å². The van der Waals surface area contributed by atoms with Gasteiger partial charge in [0, 0.05) is 19.4 Å². The van der Waals surface area contributed by atoms with Crippen molar-refractivity contribution >= 4 is 8.32 Å². The summed E-state index contributed by atoms with van der Waals surface area (Å²) in [5, 5.41) is 11.8. The van der Waals surface area contributed by atoms with Crippen molar-refractivity contribution in [1.82, 2.24) is 0 Å². The molecule has 0 amide bonds. The predicted octanol–water partition coefficient (Wildman–Crippen LogP) is 7.23. The average Bonchev–Trinajstić information content (AvgIpc) is 2.82. The molecule has 6 heteroatoms. The molecule has 3 rings (SSSR count). The number of benzene rings is 1. The molecule has 5 atom stereocenters. The van der Waals surface area contributed by atoms with Gasteiger partial charge in [0.2, 0.25) is 0 Å². The Bertz CT molecular complexity index is 794. The van der Waals surface area contributed by atoms with E-state index in [2.05, 4.69) is 59.8 Å². The molecule has 2 aliphatic rings. The molecule has 2 heterocycles. The molecule has 1 aromatic rings. The first-order chi connectivity index (χ1) is 16.9. The van der Waals surface area contributed by atoms with Crippen molar-refractivity contribution in [3.8, 4) is 0 Å². The second-order valence-electron chi connectivity index (χ2n) is 12.8. The molecule has 5 nitrogen and oxygen atoms in total. The fourth-order valence-electron chi connectivity index (χ4n) is 5.16. The minimum atomic E-state index is -1.78. The van der Waals surface area contributed by atoms with E-state index in [0.29, 0.717) is 25.6 Å². The lowest BCUT2D eigenvalue weighted by Gasteiger charge is -2.52. The van der Waals surface area contributed by atoms with Crippen LogP contribution < -0.4 is 0 Å². The van der Waals surface area contributed by atoms with E-state index in [9.17, 15) is 5.11 Å². The topological polar surface area (TPSA) is 57.2 Å². The van der Waals surface area contributed by atoms with Gasteiger partial charge >= 0.3 is 0 Å². The molecule has 1 N–H and O–H groups in total. The Morgan fingerprint density at radius 3 is 2.47 bits per heavy atom. The van der Waals surface area contributed by atoms with Crippen LogP contribution in [0.4, 0.5) is 0 Å². The van der Waals surface area contributed by atoms with Crippen molar-refractivity contribution in [3.63, 3.8) is 0 Å². The van der Waals surface area contributed by atoms with Gasteiger partial charge in [-0.25, -0.2) is 0 Å². The van der Waals surface area contributed by atoms with Crippen LogP contribution in [0.3, 0.4) is 0 Å². The van der Waals surface area contributed by atoms with E-state index >= 15 is 0 Å². The second-order valence-corrected chi connectivity index (χ2v) is 17.6. The summed E-state index contributed by atoms with van der Waals surface area (Å²) >= 11 is 0. The van der Waals surface area contributed by atoms with Gasteiger partial charge in [-0.1, -0.05) is 77.8 Å². The molecule has 36 heavy (non-hydrogen) atoms. The van der Waals surface area contributed by atoms with Crippen LogP contribution in [0.1, 0.15) is 91.5 Å². The molecule has 0 saturated carbocycles. The van der Waals surface area contributed by atoms with Crippen molar-refractivity contribution in [2.45, 2.75) is 134 Å². The highest BCUT2D eigenvalue weighted by molar-refractivity contribution is 6.74. The summed E-state index contributed by atoms with van der Waals surface area (Å²) in [4.78, 5) is 0. The molecule has 206 valence electrons. The molecule has 2 aliphatic heterocycles. The Balaban J connectivity index is 1.64. The summed E-state index contributed by atoms with van der Waals surface area (Å²) in [6, 6.07) is 10.2. The van der Waals surface area contributed by atoms with Gasteiger partial charge in [0.05, 0.1) is 24.9 Å². The Kier molecular flexibility index (Phi) is 10.3. The Hall–Kier alpha value is -0.763. The summed E-state index contributed by atoms with van der Waals surface area (Å²) in [6.07, 6.45) is 6.72. The highest BCUT2D eigenvalue weighted by atomic mass is 28.4. The van der Waals surface area contributed by atoms with Crippen LogP contribution in [0, 0.1) is 5.92 Å². The highest BCUT2D eigenvalue weighted by Crippen LogP contribution is 2.46. The van der Waals surface area contributed by atoms with Crippen molar-refractivity contribution in [2.24, 2.45) is 5.92 Å². The summed E-state index contributed by atoms with van der Waals surface area (Å²) in [5.74, 6) is -0.163. The van der Waals surface area contributed by atoms with E-state index in [1.165, 1.54) is 0 Å². The first-order valence-electron chi connectivity index (χ1n) is 14.2. The molecular formula is C30H52O5Si. The van der Waals surface area contributed by atoms with Gasteiger partial charge in [-0.3, -0.25) is 0 Å². The molecular weight excluding hydrogens is 468 g/mol. The minimum absolute atomic E-state index is 0.108. The first kappa shape index (κ1) is 29.8. The standard InChI is InChI=1S/C30H52O5Si/c1-8-9-17-29(31)19-20-30(35-27(29)23-32-22-25-13-11-10-12-14-25)18-15-24(2)26(34-30)16-21-33-36(6,7)28(3,4)5/h10-14,24,26-27,31H,8-9,15-23H2,1-7H3/t24-,26+,27-,29+,30-/m0/s1. The molecule has 2 saturated heterocycles. The minimum Gasteiger partial charge on any atom is -0.417 e. The molecule has 0 unspecified atom stereocenters. The second kappa shape index (κ2) is 12.4. The van der Waals surface area contributed by atoms with Crippen LogP contribution in [0.2, 0.25) is 18.1 Å². The van der Waals surface area contributed by atoms with Crippen LogP contribution in [0.15, 0.2) is 30.3 Å². The lowest BCUT2D eigenvalue weighted by molar-refractivity contribution is -0.358. The van der Waals surface area contributed by atoms with Gasteiger partial charge in [0.15, 0.2) is 14.1 Å². The zero-order chi connectivity index (χ0) is 26.5. The third-order valence-corrected chi connectivity index (χ3v) is 13.4. The molecule has 1 spiro atoms. The van der Waals surface area contributed by atoms with Gasteiger partial charge in [0.1, 0.15) is 6.10 Å². The zero-order valence-corrected chi connectivity index (χ0v) is 25.0. The fraction of sp³-hybridized carbons (Fsp3) is 0.800. The van der Waals surface area contributed by atoms with E-state index in [4.69, 9.17) is 18.6 Å². The number of rotatable bonds is 11. The Labute approximate surface area is 221 Å². The monoisotopic (exact) mass is 520 g/mol. The van der Waals surface area contributed by atoms with Gasteiger partial charge in [-0.2, -0.15) is 0 Å². The van der Waals surface area contributed by atoms with Crippen LogP contribution in [-0.4, -0.2) is 50.2 Å². The third-order valence-electron chi connectivity index (χ3n) is 8.89. The lowest BCUT2D eigenvalue weighted by Crippen LogP contribution is -2.60. The van der Waals surface area contributed by atoms with Gasteiger partial charge in [0.25, 0.3) is 0 Å². The van der Waals surface area contributed by atoms with E-state index in [-0.39, 0.29) is 17.2 Å². The third kappa shape index (κ3) is 7.64. The smallest absolute Gasteiger partial charge is 0.191 e. The maximum atomic E-state index is 11.6. The lowest BCUT2D eigenvalue weighted by atomic mass is 9.79. The van der Waals surface area contributed by atoms with Gasteiger partial charge in [-0.05, 0) is 55.3 Å². The summed E-state index contributed by atoms with van der Waals surface area (Å²) in [6.45, 7) is 17.5. The normalized spacial score (nSPS) is 31.6. The summed E-state index contributed by atoms with van der Waals surface area (Å²) in [7, 11) is -1.78. The molecule has 0 bridgehead atoms. The molecule has 0 radical (unpaired) electrons. The molecule has 1 aromatic carbocycles. The molecule has 2 fully saturated rings. The van der Waals surface area contributed by atoms with Crippen molar-refractivity contribution in [2.75, 3.05) is 13.2 Å². The average molecular weight is 521 g/mol. The first-order valence-corrected chi connectivity index (χ1v) is 17.1.